The number of likely N-dealkylation sites (tertiary alicyclic amines) is 1. The molecule has 2 aromatic carbocycles. The second kappa shape index (κ2) is 11.5. The van der Waals surface area contributed by atoms with Crippen molar-refractivity contribution in [2.75, 3.05) is 30.3 Å². The number of sulfonamides is 1. The van der Waals surface area contributed by atoms with E-state index in [-0.39, 0.29) is 5.91 Å². The highest BCUT2D eigenvalue weighted by Crippen LogP contribution is 2.25. The van der Waals surface area contributed by atoms with Gasteiger partial charge >= 0.3 is 0 Å². The van der Waals surface area contributed by atoms with Crippen molar-refractivity contribution in [3.05, 3.63) is 59.7 Å². The monoisotopic (exact) mass is 473 g/mol. The molecule has 1 aliphatic rings. The predicted molar refractivity (Wildman–Crippen MR) is 132 cm³/mol. The van der Waals surface area contributed by atoms with E-state index in [1.807, 2.05) is 26.0 Å². The summed E-state index contributed by atoms with van der Waals surface area (Å²) < 4.78 is 31.9. The van der Waals surface area contributed by atoms with Gasteiger partial charge in [0, 0.05) is 13.1 Å². The van der Waals surface area contributed by atoms with E-state index in [1.165, 1.54) is 22.7 Å². The lowest BCUT2D eigenvalue weighted by atomic mass is 10.1. The molecule has 0 bridgehead atoms. The number of carbonyl (C=O) groups excluding carboxylic acids is 1. The Balaban J connectivity index is 1.66. The van der Waals surface area contributed by atoms with Gasteiger partial charge in [0.05, 0.1) is 18.6 Å². The fraction of sp³-hybridized carbons (Fsp3) is 0.480. The van der Waals surface area contributed by atoms with Crippen LogP contribution >= 0.6 is 0 Å². The van der Waals surface area contributed by atoms with E-state index in [1.54, 1.807) is 24.3 Å². The molecule has 1 atom stereocenters. The number of benzene rings is 2. The minimum atomic E-state index is -3.67. The molecule has 0 saturated carbocycles. The van der Waals surface area contributed by atoms with E-state index < -0.39 is 16.1 Å². The number of nitrogens with one attached hydrogen (secondary N) is 1. The lowest BCUT2D eigenvalue weighted by molar-refractivity contribution is -0.122. The summed E-state index contributed by atoms with van der Waals surface area (Å²) >= 11 is 0. The van der Waals surface area contributed by atoms with Gasteiger partial charge in [0.1, 0.15) is 11.8 Å². The largest absolute Gasteiger partial charge is 0.494 e. The number of carbonyl (C=O) groups is 1. The van der Waals surface area contributed by atoms with Crippen molar-refractivity contribution >= 4 is 21.6 Å². The second-order valence-corrected chi connectivity index (χ2v) is 10.3. The normalized spacial score (nSPS) is 15.2. The SMILES string of the molecule is CCOc1ccc(N([C@@H](CC)C(=O)NCc2ccc(CN3CCCC3)cc2)S(C)(=O)=O)cc1. The average Bonchev–Trinajstić information content (AvgIpc) is 3.30. The molecule has 1 heterocycles. The van der Waals surface area contributed by atoms with Crippen molar-refractivity contribution in [3.63, 3.8) is 0 Å². The molecular formula is C25H35N3O4S. The zero-order chi connectivity index (χ0) is 23.8. The van der Waals surface area contributed by atoms with Crippen LogP contribution < -0.4 is 14.4 Å². The average molecular weight is 474 g/mol. The number of nitrogens with zero attached hydrogens (tertiary/aromatic N) is 2. The minimum absolute atomic E-state index is 0.321. The van der Waals surface area contributed by atoms with Crippen LogP contribution in [0.15, 0.2) is 48.5 Å². The van der Waals surface area contributed by atoms with Gasteiger partial charge < -0.3 is 10.1 Å². The van der Waals surface area contributed by atoms with Crippen molar-refractivity contribution in [2.24, 2.45) is 0 Å². The molecule has 7 nitrogen and oxygen atoms in total. The van der Waals surface area contributed by atoms with E-state index >= 15 is 0 Å². The van der Waals surface area contributed by atoms with Gasteiger partial charge in [-0.05, 0) is 74.7 Å². The summed E-state index contributed by atoms with van der Waals surface area (Å²) in [5, 5.41) is 2.92. The Hall–Kier alpha value is -2.58. The summed E-state index contributed by atoms with van der Waals surface area (Å²) in [5.41, 5.74) is 2.68. The maximum absolute atomic E-state index is 13.0. The van der Waals surface area contributed by atoms with Gasteiger partial charge in [0.15, 0.2) is 0 Å². The van der Waals surface area contributed by atoms with Crippen molar-refractivity contribution in [1.82, 2.24) is 10.2 Å². The number of hydrogen-bond donors (Lipinski definition) is 1. The first-order valence-corrected chi connectivity index (χ1v) is 13.5. The van der Waals surface area contributed by atoms with Crippen LogP contribution in [0.5, 0.6) is 5.75 Å². The molecule has 0 aliphatic carbocycles. The number of amides is 1. The molecule has 2 aromatic rings. The number of anilines is 1. The van der Waals surface area contributed by atoms with Crippen molar-refractivity contribution < 1.29 is 17.9 Å². The second-order valence-electron chi connectivity index (χ2n) is 8.43. The van der Waals surface area contributed by atoms with Crippen LogP contribution in [-0.4, -0.2) is 51.2 Å². The Morgan fingerprint density at radius 3 is 2.18 bits per heavy atom. The summed E-state index contributed by atoms with van der Waals surface area (Å²) in [6.45, 7) is 7.83. The molecule has 1 fully saturated rings. The van der Waals surface area contributed by atoms with Crippen LogP contribution in [0.2, 0.25) is 0 Å². The molecule has 1 aliphatic heterocycles. The highest BCUT2D eigenvalue weighted by Gasteiger charge is 2.31. The standard InChI is InChI=1S/C25H35N3O4S/c1-4-24(28(33(3,30)31)22-12-14-23(15-13-22)32-5-2)25(29)26-18-20-8-10-21(11-9-20)19-27-16-6-7-17-27/h8-15,24H,4-7,16-19H2,1-3H3,(H,26,29)/t24-/m0/s1. The molecule has 1 N–H and O–H groups in total. The Labute approximate surface area is 197 Å². The summed E-state index contributed by atoms with van der Waals surface area (Å²) in [6, 6.07) is 14.2. The topological polar surface area (TPSA) is 79.0 Å². The Bertz CT molecular complexity index is 1000. The summed E-state index contributed by atoms with van der Waals surface area (Å²) in [7, 11) is -3.67. The molecule has 33 heavy (non-hydrogen) atoms. The molecule has 1 saturated heterocycles. The fourth-order valence-electron chi connectivity index (χ4n) is 4.18. The zero-order valence-electron chi connectivity index (χ0n) is 19.8. The van der Waals surface area contributed by atoms with Crippen LogP contribution in [0.25, 0.3) is 0 Å². The van der Waals surface area contributed by atoms with Crippen molar-refractivity contribution in [3.8, 4) is 5.75 Å². The molecule has 0 aromatic heterocycles. The van der Waals surface area contributed by atoms with E-state index in [4.69, 9.17) is 4.74 Å². The van der Waals surface area contributed by atoms with Gasteiger partial charge in [-0.15, -0.1) is 0 Å². The first kappa shape index (κ1) is 25.1. The first-order valence-electron chi connectivity index (χ1n) is 11.6. The molecule has 0 spiro atoms. The third kappa shape index (κ3) is 6.95. The first-order chi connectivity index (χ1) is 15.8. The highest BCUT2D eigenvalue weighted by molar-refractivity contribution is 7.92. The van der Waals surface area contributed by atoms with Gasteiger partial charge in [-0.2, -0.15) is 0 Å². The van der Waals surface area contributed by atoms with Crippen LogP contribution in [0.4, 0.5) is 5.69 Å². The van der Waals surface area contributed by atoms with Crippen molar-refractivity contribution in [1.29, 1.82) is 0 Å². The van der Waals surface area contributed by atoms with Gasteiger partial charge in [-0.25, -0.2) is 8.42 Å². The lowest BCUT2D eigenvalue weighted by Crippen LogP contribution is -2.49. The maximum Gasteiger partial charge on any atom is 0.244 e. The quantitative estimate of drug-likeness (QED) is 0.540. The number of hydrogen-bond acceptors (Lipinski definition) is 5. The highest BCUT2D eigenvalue weighted by atomic mass is 32.2. The summed E-state index contributed by atoms with van der Waals surface area (Å²) in [4.78, 5) is 15.5. The van der Waals surface area contributed by atoms with Gasteiger partial charge in [0.2, 0.25) is 15.9 Å². The maximum atomic E-state index is 13.0. The lowest BCUT2D eigenvalue weighted by Gasteiger charge is -2.30. The molecule has 8 heteroatoms. The molecule has 0 radical (unpaired) electrons. The Morgan fingerprint density at radius 2 is 1.64 bits per heavy atom. The number of rotatable bonds is 11. The molecule has 0 unspecified atom stereocenters. The van der Waals surface area contributed by atoms with E-state index in [0.717, 1.165) is 31.5 Å². The third-order valence-electron chi connectivity index (χ3n) is 5.83. The van der Waals surface area contributed by atoms with Crippen LogP contribution in [0.1, 0.15) is 44.2 Å². The van der Waals surface area contributed by atoms with Gasteiger partial charge in [-0.1, -0.05) is 31.2 Å². The molecule has 1 amide bonds. The minimum Gasteiger partial charge on any atom is -0.494 e. The molecular weight excluding hydrogens is 438 g/mol. The predicted octanol–water partition coefficient (Wildman–Crippen LogP) is 3.54. The smallest absolute Gasteiger partial charge is 0.244 e. The molecule has 3 rings (SSSR count). The fourth-order valence-corrected chi connectivity index (χ4v) is 5.40. The third-order valence-corrected chi connectivity index (χ3v) is 7.01. The molecule has 180 valence electrons. The van der Waals surface area contributed by atoms with Crippen LogP contribution in [-0.2, 0) is 27.9 Å². The van der Waals surface area contributed by atoms with E-state index in [9.17, 15) is 13.2 Å². The van der Waals surface area contributed by atoms with E-state index in [0.29, 0.717) is 31.0 Å². The Morgan fingerprint density at radius 1 is 1.03 bits per heavy atom. The summed E-state index contributed by atoms with van der Waals surface area (Å²) in [5.74, 6) is 0.332. The van der Waals surface area contributed by atoms with Gasteiger partial charge in [0.25, 0.3) is 0 Å². The summed E-state index contributed by atoms with van der Waals surface area (Å²) in [6.07, 6.45) is 4.01. The zero-order valence-corrected chi connectivity index (χ0v) is 20.6. The van der Waals surface area contributed by atoms with Crippen LogP contribution in [0, 0.1) is 0 Å². The Kier molecular flexibility index (Phi) is 8.74. The van der Waals surface area contributed by atoms with Gasteiger partial charge in [-0.3, -0.25) is 14.0 Å². The van der Waals surface area contributed by atoms with Crippen LogP contribution in [0.3, 0.4) is 0 Å². The van der Waals surface area contributed by atoms with E-state index in [2.05, 4.69) is 22.3 Å². The van der Waals surface area contributed by atoms with Crippen molar-refractivity contribution in [2.45, 2.75) is 52.2 Å². The number of ether oxygens (including phenoxy) is 1.